The van der Waals surface area contributed by atoms with Crippen LogP contribution in [0.5, 0.6) is 0 Å². The van der Waals surface area contributed by atoms with E-state index in [4.69, 9.17) is 9.97 Å². The molecule has 558 valence electrons. The zero-order valence-electron chi connectivity index (χ0n) is 68.5. The SMILES string of the molecule is Cc1cnc2c(c1C)c(C)c(C)c1c(C)c(C)cnc12.Cc1cnc2c(c1C)c(C)c(C)c1c(C)c(C)cnc12.Cc1cnc2c(c1C)c(C)c(C)c1c(C)c(C)cnc12.Cc1cnc2c(c1C)c(C)c(C)c1c(C)c(C)cnc12.[Ru+2].[Ru+2].c1cnc2c(c1)c1nc3c4cccnc4c4ncccc4c3nc1c1cccnc12. The van der Waals surface area contributed by atoms with Crippen molar-refractivity contribution >= 4 is 153 Å². The smallest absolute Gasteiger partial charge is 0.254 e. The Kier molecular flexibility index (Phi) is 21.7. The van der Waals surface area contributed by atoms with Crippen LogP contribution < -0.4 is 0 Å². The number of hydrogen-bond donors (Lipinski definition) is 0. The maximum atomic E-state index is 5.14. The number of rotatable bonds is 0. The third-order valence-corrected chi connectivity index (χ3v) is 24.5. The first-order chi connectivity index (χ1) is 52.6. The van der Waals surface area contributed by atoms with Crippen molar-refractivity contribution in [2.24, 2.45) is 0 Å². The molecule has 0 saturated heterocycles. The number of aryl methyl sites for hydroxylation is 24. The fourth-order valence-electron chi connectivity index (χ4n) is 16.5. The Labute approximate surface area is 679 Å². The third-order valence-electron chi connectivity index (χ3n) is 24.5. The minimum Gasteiger partial charge on any atom is -0.254 e. The first-order valence-electron chi connectivity index (χ1n) is 37.8. The summed E-state index contributed by atoms with van der Waals surface area (Å²) in [6.07, 6.45) is 22.8. The van der Waals surface area contributed by atoms with Crippen molar-refractivity contribution in [3.05, 3.63) is 256 Å². The van der Waals surface area contributed by atoms with E-state index in [0.29, 0.717) is 0 Å². The van der Waals surface area contributed by atoms with Crippen LogP contribution >= 0.6 is 0 Å². The van der Waals surface area contributed by atoms with Gasteiger partial charge in [0.05, 0.1) is 88.3 Å². The molecule has 0 bridgehead atoms. The summed E-state index contributed by atoms with van der Waals surface area (Å²) in [5, 5.41) is 13.9. The molecule has 6 aromatic carbocycles. The molecule has 0 atom stereocenters. The Hall–Kier alpha value is -10.9. The summed E-state index contributed by atoms with van der Waals surface area (Å²) in [5.74, 6) is 0. The summed E-state index contributed by atoms with van der Waals surface area (Å²) in [5.41, 5.74) is 46.0. The van der Waals surface area contributed by atoms with Gasteiger partial charge in [-0.1, -0.05) is 0 Å². The zero-order chi connectivity index (χ0) is 78.1. The van der Waals surface area contributed by atoms with Crippen molar-refractivity contribution in [3.8, 4) is 0 Å². The van der Waals surface area contributed by atoms with Gasteiger partial charge in [0.2, 0.25) is 0 Å². The number of pyridine rings is 12. The molecule has 19 aromatic rings. The molecule has 112 heavy (non-hydrogen) atoms. The van der Waals surface area contributed by atoms with Crippen LogP contribution in [0.25, 0.3) is 153 Å². The van der Waals surface area contributed by atoms with Crippen LogP contribution in [0.15, 0.2) is 123 Å². The average Bonchev–Trinajstić information content (AvgIpc) is 0.723. The van der Waals surface area contributed by atoms with Gasteiger partial charge in [0.1, 0.15) is 0 Å². The molecular formula is C96H92N14Ru2+4. The standard InChI is InChI=1S/C24H12N6.4C18H20N2.2Ru/c1-5-13-17(25-9-1)18-14(6-2-10-26-18)22-21(13)29-23-15-7-3-11-27-19(15)20-16(24(23)30-22)8-4-12-28-20;4*1-9-7-19-17-15(11(9)3)13(5)14(6)16-12(4)10(2)8-20-18(16)17;;/h1-12H;4*7-8H,1-6H3;;/q;;;;;2*+2. The fraction of sp³-hybridized carbons (Fsp3) is 0.250. The van der Waals surface area contributed by atoms with Gasteiger partial charge in [0.15, 0.2) is 0 Å². The number of nitrogens with zero attached hydrogens (tertiary/aromatic N) is 14. The predicted octanol–water partition coefficient (Wildman–Crippen LogP) is 23.5. The van der Waals surface area contributed by atoms with Gasteiger partial charge in [-0.3, -0.25) is 59.8 Å². The quantitative estimate of drug-likeness (QED) is 0.0794. The summed E-state index contributed by atoms with van der Waals surface area (Å²) in [7, 11) is 0. The van der Waals surface area contributed by atoms with E-state index in [9.17, 15) is 0 Å². The molecule has 0 spiro atoms. The van der Waals surface area contributed by atoms with Crippen molar-refractivity contribution < 1.29 is 39.0 Å². The van der Waals surface area contributed by atoms with E-state index in [-0.39, 0.29) is 39.0 Å². The summed E-state index contributed by atoms with van der Waals surface area (Å²) in [6, 6.07) is 15.8. The normalized spacial score (nSPS) is 11.4. The molecule has 13 heterocycles. The molecule has 0 saturated carbocycles. The second kappa shape index (κ2) is 30.6. The van der Waals surface area contributed by atoms with E-state index in [2.05, 4.69) is 226 Å². The van der Waals surface area contributed by atoms with Gasteiger partial charge in [-0.2, -0.15) is 0 Å². The van der Waals surface area contributed by atoms with Crippen LogP contribution in [0.3, 0.4) is 0 Å². The Morgan fingerprint density at radius 3 is 0.420 bits per heavy atom. The van der Waals surface area contributed by atoms with Crippen LogP contribution in [0, 0.1) is 166 Å². The fourth-order valence-corrected chi connectivity index (χ4v) is 16.5. The van der Waals surface area contributed by atoms with E-state index in [1.807, 2.05) is 98.1 Å². The molecule has 0 fully saturated rings. The van der Waals surface area contributed by atoms with Crippen molar-refractivity contribution in [3.63, 3.8) is 0 Å². The van der Waals surface area contributed by atoms with E-state index >= 15 is 0 Å². The van der Waals surface area contributed by atoms with Gasteiger partial charge in [0.25, 0.3) is 0 Å². The second-order valence-electron chi connectivity index (χ2n) is 30.5. The van der Waals surface area contributed by atoms with E-state index in [0.717, 1.165) is 110 Å². The van der Waals surface area contributed by atoms with Gasteiger partial charge in [0, 0.05) is 139 Å². The molecule has 14 nitrogen and oxygen atoms in total. The summed E-state index contributed by atoms with van der Waals surface area (Å²) in [4.78, 5) is 66.1. The van der Waals surface area contributed by atoms with E-state index in [1.165, 1.54) is 177 Å². The minimum atomic E-state index is 0. The molecular weight excluding hydrogens is 1550 g/mol. The van der Waals surface area contributed by atoms with Gasteiger partial charge in [-0.25, -0.2) is 9.97 Å². The summed E-state index contributed by atoms with van der Waals surface area (Å²) < 4.78 is 0. The van der Waals surface area contributed by atoms with Gasteiger partial charge >= 0.3 is 39.0 Å². The first kappa shape index (κ1) is 79.2. The third kappa shape index (κ3) is 12.8. The number of fused-ring (bicyclic) bond motifs is 24. The first-order valence-corrected chi connectivity index (χ1v) is 37.8. The van der Waals surface area contributed by atoms with Crippen LogP contribution in [0.2, 0.25) is 0 Å². The number of aromatic nitrogens is 14. The molecule has 0 N–H and O–H groups in total. The Morgan fingerprint density at radius 2 is 0.286 bits per heavy atom. The van der Waals surface area contributed by atoms with Gasteiger partial charge in [-0.05, 0) is 348 Å². The minimum absolute atomic E-state index is 0. The molecule has 19 rings (SSSR count). The van der Waals surface area contributed by atoms with Crippen LogP contribution in [-0.4, -0.2) is 69.8 Å². The Bertz CT molecular complexity index is 6070. The van der Waals surface area contributed by atoms with Crippen LogP contribution in [0.4, 0.5) is 0 Å². The van der Waals surface area contributed by atoms with Crippen molar-refractivity contribution in [1.82, 2.24) is 69.8 Å². The maximum Gasteiger partial charge on any atom is 2.00 e. The molecule has 0 unspecified atom stereocenters. The monoisotopic (exact) mass is 1640 g/mol. The largest absolute Gasteiger partial charge is 2.00 e. The zero-order valence-corrected chi connectivity index (χ0v) is 72.0. The average molecular weight is 1640 g/mol. The molecule has 0 radical (unpaired) electrons. The predicted molar refractivity (Wildman–Crippen MR) is 460 cm³/mol. The topological polar surface area (TPSA) is 180 Å². The molecule has 0 aliphatic heterocycles. The Morgan fingerprint density at radius 1 is 0.152 bits per heavy atom. The van der Waals surface area contributed by atoms with Crippen molar-refractivity contribution in [2.45, 2.75) is 166 Å². The molecule has 0 aliphatic rings. The summed E-state index contributed by atoms with van der Waals surface area (Å²) in [6.45, 7) is 52.0. The number of benzene rings is 6. The molecule has 16 heteroatoms. The van der Waals surface area contributed by atoms with Crippen molar-refractivity contribution in [1.29, 1.82) is 0 Å². The molecule has 0 aliphatic carbocycles. The second-order valence-corrected chi connectivity index (χ2v) is 30.5. The Balaban J connectivity index is 0.000000124. The molecule has 0 amide bonds. The van der Waals surface area contributed by atoms with E-state index in [1.54, 1.807) is 24.8 Å². The van der Waals surface area contributed by atoms with Gasteiger partial charge < -0.3 is 0 Å². The summed E-state index contributed by atoms with van der Waals surface area (Å²) >= 11 is 0. The maximum absolute atomic E-state index is 5.14. The van der Waals surface area contributed by atoms with Crippen LogP contribution in [-0.2, 0) is 39.0 Å². The molecule has 13 aromatic heterocycles. The van der Waals surface area contributed by atoms with Crippen molar-refractivity contribution in [2.75, 3.05) is 0 Å². The van der Waals surface area contributed by atoms with Gasteiger partial charge in [-0.15, -0.1) is 0 Å². The van der Waals surface area contributed by atoms with Crippen LogP contribution in [0.1, 0.15) is 134 Å². The number of hydrogen-bond acceptors (Lipinski definition) is 14. The van der Waals surface area contributed by atoms with E-state index < -0.39 is 0 Å².